The first-order chi connectivity index (χ1) is 10.8. The zero-order valence-corrected chi connectivity index (χ0v) is 14.1. The Balaban J connectivity index is 0.000000425. The van der Waals surface area contributed by atoms with Crippen molar-refractivity contribution in [2.24, 2.45) is 0 Å². The van der Waals surface area contributed by atoms with Crippen LogP contribution in [0.3, 0.4) is 0 Å². The van der Waals surface area contributed by atoms with Crippen LogP contribution >= 0.6 is 0 Å². The van der Waals surface area contributed by atoms with Crippen molar-refractivity contribution in [2.45, 2.75) is 28.2 Å². The van der Waals surface area contributed by atoms with Crippen LogP contribution in [0.1, 0.15) is 54.5 Å². The number of allylic oxidation sites excluding steroid dienone is 1. The van der Waals surface area contributed by atoms with Crippen LogP contribution in [0.2, 0.25) is 0 Å². The number of hydrogen-bond acceptors (Lipinski definition) is 3. The first-order valence-corrected chi connectivity index (χ1v) is 7.27. The van der Waals surface area contributed by atoms with Crippen molar-refractivity contribution in [2.75, 3.05) is 7.11 Å². The Morgan fingerprint density at radius 2 is 1.29 bits per heavy atom. The SMILES string of the molecule is C.C=C(C)c1cccc(C(C)=O)c1.COc1cccc(C(C)=O)c1. The van der Waals surface area contributed by atoms with Crippen LogP contribution in [-0.2, 0) is 0 Å². The second-order valence-corrected chi connectivity index (χ2v) is 5.21. The van der Waals surface area contributed by atoms with Crippen molar-refractivity contribution in [1.82, 2.24) is 0 Å². The molecule has 3 nitrogen and oxygen atoms in total. The topological polar surface area (TPSA) is 43.4 Å². The third-order valence-corrected chi connectivity index (χ3v) is 3.24. The van der Waals surface area contributed by atoms with Crippen molar-refractivity contribution < 1.29 is 14.3 Å². The predicted molar refractivity (Wildman–Crippen MR) is 101 cm³/mol. The van der Waals surface area contributed by atoms with Gasteiger partial charge in [-0.2, -0.15) is 0 Å². The van der Waals surface area contributed by atoms with Crippen molar-refractivity contribution >= 4 is 17.1 Å². The number of Topliss-reactive ketones (excluding diaryl/α,β-unsaturated/α-hetero) is 2. The molecular formula is C21H26O3. The normalized spacial score (nSPS) is 9.00. The predicted octanol–water partition coefficient (Wildman–Crippen LogP) is 5.46. The number of ketones is 2. The molecule has 0 bridgehead atoms. The average Bonchev–Trinajstić information content (AvgIpc) is 2.55. The number of carbonyl (C=O) groups is 2. The first kappa shape index (κ1) is 21.3. The molecule has 0 radical (unpaired) electrons. The summed E-state index contributed by atoms with van der Waals surface area (Å²) in [6.07, 6.45) is 0. The maximum absolute atomic E-state index is 11.0. The van der Waals surface area contributed by atoms with Gasteiger partial charge in [0.25, 0.3) is 0 Å². The van der Waals surface area contributed by atoms with E-state index in [9.17, 15) is 9.59 Å². The number of carbonyl (C=O) groups excluding carboxylic acids is 2. The lowest BCUT2D eigenvalue weighted by Gasteiger charge is -2.00. The van der Waals surface area contributed by atoms with Gasteiger partial charge in [-0.1, -0.05) is 49.9 Å². The second kappa shape index (κ2) is 10.2. The van der Waals surface area contributed by atoms with Crippen molar-refractivity contribution in [1.29, 1.82) is 0 Å². The molecule has 0 fully saturated rings. The largest absolute Gasteiger partial charge is 0.497 e. The summed E-state index contributed by atoms with van der Waals surface area (Å²) in [7, 11) is 1.58. The van der Waals surface area contributed by atoms with Crippen LogP contribution in [0.15, 0.2) is 55.1 Å². The van der Waals surface area contributed by atoms with E-state index >= 15 is 0 Å². The van der Waals surface area contributed by atoms with Gasteiger partial charge in [-0.15, -0.1) is 0 Å². The van der Waals surface area contributed by atoms with Crippen LogP contribution in [0.5, 0.6) is 5.75 Å². The van der Waals surface area contributed by atoms with Crippen LogP contribution in [0, 0.1) is 0 Å². The van der Waals surface area contributed by atoms with Gasteiger partial charge in [-0.05, 0) is 44.5 Å². The highest BCUT2D eigenvalue weighted by Gasteiger charge is 2.00. The third kappa shape index (κ3) is 6.61. The number of ether oxygens (including phenoxy) is 1. The molecule has 3 heteroatoms. The molecule has 0 aliphatic carbocycles. The smallest absolute Gasteiger partial charge is 0.159 e. The highest BCUT2D eigenvalue weighted by atomic mass is 16.5. The lowest BCUT2D eigenvalue weighted by atomic mass is 10.0. The summed E-state index contributed by atoms with van der Waals surface area (Å²) in [6, 6.07) is 14.6. The van der Waals surface area contributed by atoms with E-state index in [1.54, 1.807) is 32.2 Å². The lowest BCUT2D eigenvalue weighted by molar-refractivity contribution is 0.100. The van der Waals surface area contributed by atoms with E-state index in [2.05, 4.69) is 6.58 Å². The second-order valence-electron chi connectivity index (χ2n) is 5.21. The molecule has 24 heavy (non-hydrogen) atoms. The van der Waals surface area contributed by atoms with Gasteiger partial charge in [0, 0.05) is 11.1 Å². The Kier molecular flexibility index (Phi) is 9.03. The van der Waals surface area contributed by atoms with Crippen molar-refractivity contribution in [3.63, 3.8) is 0 Å². The highest BCUT2D eigenvalue weighted by Crippen LogP contribution is 2.13. The van der Waals surface area contributed by atoms with E-state index in [0.29, 0.717) is 5.56 Å². The maximum atomic E-state index is 11.0. The van der Waals surface area contributed by atoms with Gasteiger partial charge in [-0.25, -0.2) is 0 Å². The molecule has 0 aliphatic heterocycles. The summed E-state index contributed by atoms with van der Waals surface area (Å²) in [5, 5.41) is 0. The van der Waals surface area contributed by atoms with Crippen LogP contribution in [0.25, 0.3) is 5.57 Å². The molecule has 0 aromatic heterocycles. The molecule has 0 saturated carbocycles. The molecule has 0 atom stereocenters. The number of hydrogen-bond donors (Lipinski definition) is 0. The third-order valence-electron chi connectivity index (χ3n) is 3.24. The summed E-state index contributed by atoms with van der Waals surface area (Å²) in [5.41, 5.74) is 3.45. The minimum Gasteiger partial charge on any atom is -0.497 e. The van der Waals surface area contributed by atoms with Gasteiger partial charge in [0.2, 0.25) is 0 Å². The number of rotatable bonds is 4. The molecule has 0 amide bonds. The standard InChI is InChI=1S/C11H12O.C9H10O2.CH4/c1-8(2)10-5-4-6-11(7-10)9(3)12;1-7(10)8-4-3-5-9(6-8)11-2;/h4-7H,1H2,2-3H3;3-6H,1-2H3;1H4. The van der Waals surface area contributed by atoms with E-state index in [0.717, 1.165) is 22.4 Å². The van der Waals surface area contributed by atoms with Gasteiger partial charge in [0.05, 0.1) is 7.11 Å². The van der Waals surface area contributed by atoms with Crippen molar-refractivity contribution in [3.05, 3.63) is 71.8 Å². The van der Waals surface area contributed by atoms with Crippen LogP contribution in [-0.4, -0.2) is 18.7 Å². The Morgan fingerprint density at radius 1 is 0.833 bits per heavy atom. The van der Waals surface area contributed by atoms with Gasteiger partial charge < -0.3 is 4.74 Å². The molecule has 2 rings (SSSR count). The lowest BCUT2D eigenvalue weighted by Crippen LogP contribution is -1.92. The van der Waals surface area contributed by atoms with Crippen LogP contribution < -0.4 is 4.74 Å². The molecule has 128 valence electrons. The Morgan fingerprint density at radius 3 is 1.75 bits per heavy atom. The Labute approximate surface area is 145 Å². The number of methoxy groups -OCH3 is 1. The van der Waals surface area contributed by atoms with Gasteiger partial charge in [0.1, 0.15) is 5.75 Å². The highest BCUT2D eigenvalue weighted by molar-refractivity contribution is 5.95. The Hall–Kier alpha value is -2.68. The van der Waals surface area contributed by atoms with E-state index in [1.807, 2.05) is 37.3 Å². The zero-order valence-electron chi connectivity index (χ0n) is 14.1. The van der Waals surface area contributed by atoms with Gasteiger partial charge in [0.15, 0.2) is 11.6 Å². The monoisotopic (exact) mass is 326 g/mol. The molecule has 0 unspecified atom stereocenters. The molecule has 0 N–H and O–H groups in total. The van der Waals surface area contributed by atoms with E-state index < -0.39 is 0 Å². The summed E-state index contributed by atoms with van der Waals surface area (Å²) in [4.78, 5) is 21.8. The average molecular weight is 326 g/mol. The fourth-order valence-electron chi connectivity index (χ4n) is 1.85. The van der Waals surface area contributed by atoms with E-state index in [4.69, 9.17) is 4.74 Å². The van der Waals surface area contributed by atoms with E-state index in [1.165, 1.54) is 6.92 Å². The summed E-state index contributed by atoms with van der Waals surface area (Å²) >= 11 is 0. The molecule has 2 aromatic carbocycles. The fraction of sp³-hybridized carbons (Fsp3) is 0.238. The molecular weight excluding hydrogens is 300 g/mol. The first-order valence-electron chi connectivity index (χ1n) is 7.27. The molecule has 0 aliphatic rings. The zero-order chi connectivity index (χ0) is 17.4. The summed E-state index contributed by atoms with van der Waals surface area (Å²) in [5.74, 6) is 0.875. The minimum atomic E-state index is 0. The van der Waals surface area contributed by atoms with Gasteiger partial charge >= 0.3 is 0 Å². The number of benzene rings is 2. The van der Waals surface area contributed by atoms with Crippen LogP contribution in [0.4, 0.5) is 0 Å². The maximum Gasteiger partial charge on any atom is 0.159 e. The molecule has 0 spiro atoms. The quantitative estimate of drug-likeness (QED) is 0.701. The van der Waals surface area contributed by atoms with Crippen molar-refractivity contribution in [3.8, 4) is 5.75 Å². The Bertz CT molecular complexity index is 685. The summed E-state index contributed by atoms with van der Waals surface area (Å²) in [6.45, 7) is 8.85. The molecule has 0 saturated heterocycles. The van der Waals surface area contributed by atoms with Gasteiger partial charge in [-0.3, -0.25) is 9.59 Å². The fourth-order valence-corrected chi connectivity index (χ4v) is 1.85. The molecule has 2 aromatic rings. The minimum absolute atomic E-state index is 0. The molecule has 0 heterocycles. The van der Waals surface area contributed by atoms with E-state index in [-0.39, 0.29) is 19.0 Å². The summed E-state index contributed by atoms with van der Waals surface area (Å²) < 4.78 is 4.95.